The lowest BCUT2D eigenvalue weighted by molar-refractivity contribution is -0.114. The van der Waals surface area contributed by atoms with Crippen LogP contribution in [-0.2, 0) is 14.8 Å². The molecule has 3 aromatic carbocycles. The fourth-order valence-electron chi connectivity index (χ4n) is 3.61. The predicted molar refractivity (Wildman–Crippen MR) is 132 cm³/mol. The number of rotatable bonds is 9. The Morgan fingerprint density at radius 1 is 0.970 bits per heavy atom. The van der Waals surface area contributed by atoms with E-state index in [-0.39, 0.29) is 10.8 Å². The van der Waals surface area contributed by atoms with E-state index in [9.17, 15) is 13.2 Å². The third kappa shape index (κ3) is 5.54. The molecular weight excluding hydrogens is 436 g/mol. The number of amides is 1. The van der Waals surface area contributed by atoms with Crippen molar-refractivity contribution in [3.05, 3.63) is 83.9 Å². The van der Waals surface area contributed by atoms with Crippen molar-refractivity contribution in [1.29, 1.82) is 0 Å². The number of sulfonamides is 1. The van der Waals surface area contributed by atoms with E-state index < -0.39 is 22.5 Å². The molecule has 0 spiro atoms. The normalized spacial score (nSPS) is 11.3. The molecule has 1 amide bonds. The van der Waals surface area contributed by atoms with E-state index in [4.69, 9.17) is 4.74 Å². The van der Waals surface area contributed by atoms with Crippen LogP contribution >= 0.6 is 0 Å². The van der Waals surface area contributed by atoms with E-state index >= 15 is 0 Å². The quantitative estimate of drug-likeness (QED) is 0.461. The molecule has 0 saturated heterocycles. The summed E-state index contributed by atoms with van der Waals surface area (Å²) in [5.74, 6) is 0.158. The van der Waals surface area contributed by atoms with Crippen LogP contribution < -0.4 is 14.4 Å². The molecule has 174 valence electrons. The van der Waals surface area contributed by atoms with Gasteiger partial charge in [0.1, 0.15) is 12.3 Å². The van der Waals surface area contributed by atoms with Crippen LogP contribution in [0.2, 0.25) is 0 Å². The summed E-state index contributed by atoms with van der Waals surface area (Å²) in [6, 6.07) is 20.8. The number of benzene rings is 3. The maximum atomic E-state index is 13.6. The molecule has 0 heterocycles. The van der Waals surface area contributed by atoms with Gasteiger partial charge in [-0.05, 0) is 55.2 Å². The van der Waals surface area contributed by atoms with Crippen LogP contribution in [0.1, 0.15) is 37.8 Å². The molecule has 0 fully saturated rings. The fourth-order valence-corrected chi connectivity index (χ4v) is 5.06. The third-order valence-corrected chi connectivity index (χ3v) is 7.02. The zero-order valence-electron chi connectivity index (χ0n) is 19.4. The standard InChI is InChI=1S/C26H30N2O4S/c1-5-32-24-17-10-9-16-23(24)28(33(30,31)21-13-7-6-8-14-21)18-25(29)27-26-20(4)12-11-15-22(26)19(2)3/h6-17,19H,5,18H2,1-4H3,(H,27,29). The van der Waals surface area contributed by atoms with E-state index in [0.717, 1.165) is 15.4 Å². The van der Waals surface area contributed by atoms with Crippen LogP contribution in [0.3, 0.4) is 0 Å². The first-order valence-corrected chi connectivity index (χ1v) is 12.4. The molecule has 0 bridgehead atoms. The number of nitrogens with zero attached hydrogens (tertiary/aromatic N) is 1. The summed E-state index contributed by atoms with van der Waals surface area (Å²) in [4.78, 5) is 13.3. The summed E-state index contributed by atoms with van der Waals surface area (Å²) in [6.45, 7) is 7.82. The molecule has 3 rings (SSSR count). The summed E-state index contributed by atoms with van der Waals surface area (Å²) in [7, 11) is -4.03. The lowest BCUT2D eigenvalue weighted by atomic mass is 9.98. The average molecular weight is 467 g/mol. The molecule has 33 heavy (non-hydrogen) atoms. The topological polar surface area (TPSA) is 75.7 Å². The number of anilines is 2. The highest BCUT2D eigenvalue weighted by atomic mass is 32.2. The van der Waals surface area contributed by atoms with Crippen LogP contribution in [0.15, 0.2) is 77.7 Å². The Labute approximate surface area is 196 Å². The Bertz CT molecular complexity index is 1210. The summed E-state index contributed by atoms with van der Waals surface area (Å²) in [5, 5.41) is 2.95. The molecule has 6 nitrogen and oxygen atoms in total. The van der Waals surface area contributed by atoms with Gasteiger partial charge in [0.25, 0.3) is 10.0 Å². The van der Waals surface area contributed by atoms with E-state index in [1.165, 1.54) is 12.1 Å². The zero-order chi connectivity index (χ0) is 24.0. The number of carbonyl (C=O) groups is 1. The van der Waals surface area contributed by atoms with Crippen molar-refractivity contribution in [1.82, 2.24) is 0 Å². The summed E-state index contributed by atoms with van der Waals surface area (Å²) in [6.07, 6.45) is 0. The van der Waals surface area contributed by atoms with Crippen molar-refractivity contribution in [3.63, 3.8) is 0 Å². The molecule has 0 saturated carbocycles. The summed E-state index contributed by atoms with van der Waals surface area (Å²) >= 11 is 0. The number of para-hydroxylation sites is 3. The molecule has 0 radical (unpaired) electrons. The first kappa shape index (κ1) is 24.3. The molecule has 0 aliphatic carbocycles. The van der Waals surface area contributed by atoms with Gasteiger partial charge < -0.3 is 10.1 Å². The van der Waals surface area contributed by atoms with Crippen molar-refractivity contribution in [3.8, 4) is 5.75 Å². The number of ether oxygens (including phenoxy) is 1. The Balaban J connectivity index is 2.03. The highest BCUT2D eigenvalue weighted by Gasteiger charge is 2.29. The van der Waals surface area contributed by atoms with Gasteiger partial charge in [-0.1, -0.05) is 62.4 Å². The van der Waals surface area contributed by atoms with Gasteiger partial charge in [0.15, 0.2) is 0 Å². The van der Waals surface area contributed by atoms with E-state index in [1.807, 2.05) is 32.0 Å². The van der Waals surface area contributed by atoms with Gasteiger partial charge >= 0.3 is 0 Å². The van der Waals surface area contributed by atoms with Crippen LogP contribution in [0.25, 0.3) is 0 Å². The van der Waals surface area contributed by atoms with Crippen molar-refractivity contribution in [2.45, 2.75) is 38.5 Å². The van der Waals surface area contributed by atoms with Gasteiger partial charge in [0.05, 0.1) is 17.2 Å². The molecule has 0 aromatic heterocycles. The minimum absolute atomic E-state index is 0.0999. The van der Waals surface area contributed by atoms with Crippen LogP contribution in [0.5, 0.6) is 5.75 Å². The second kappa shape index (κ2) is 10.5. The first-order chi connectivity index (χ1) is 15.8. The molecule has 0 aliphatic rings. The lowest BCUT2D eigenvalue weighted by Crippen LogP contribution is -2.38. The van der Waals surface area contributed by atoms with Gasteiger partial charge in [0.2, 0.25) is 5.91 Å². The number of nitrogens with one attached hydrogen (secondary N) is 1. The number of hydrogen-bond donors (Lipinski definition) is 1. The smallest absolute Gasteiger partial charge is 0.264 e. The minimum Gasteiger partial charge on any atom is -0.492 e. The van der Waals surface area contributed by atoms with Gasteiger partial charge in [0, 0.05) is 5.69 Å². The van der Waals surface area contributed by atoms with Crippen LogP contribution in [0.4, 0.5) is 11.4 Å². The molecule has 3 aromatic rings. The molecule has 0 aliphatic heterocycles. The maximum Gasteiger partial charge on any atom is 0.264 e. The van der Waals surface area contributed by atoms with Crippen molar-refractivity contribution in [2.24, 2.45) is 0 Å². The Kier molecular flexibility index (Phi) is 7.76. The Hall–Kier alpha value is -3.32. The maximum absolute atomic E-state index is 13.6. The van der Waals surface area contributed by atoms with Crippen molar-refractivity contribution >= 4 is 27.3 Å². The van der Waals surface area contributed by atoms with Crippen molar-refractivity contribution in [2.75, 3.05) is 22.8 Å². The summed E-state index contributed by atoms with van der Waals surface area (Å²) in [5.41, 5.74) is 2.94. The molecule has 0 atom stereocenters. The van der Waals surface area contributed by atoms with Crippen LogP contribution in [0, 0.1) is 6.92 Å². The van der Waals surface area contributed by atoms with Crippen molar-refractivity contribution < 1.29 is 17.9 Å². The van der Waals surface area contributed by atoms with Gasteiger partial charge in [-0.25, -0.2) is 8.42 Å². The van der Waals surface area contributed by atoms with E-state index in [1.54, 1.807) is 42.5 Å². The predicted octanol–water partition coefficient (Wildman–Crippen LogP) is 5.35. The fraction of sp³-hybridized carbons (Fsp3) is 0.269. The highest BCUT2D eigenvalue weighted by molar-refractivity contribution is 7.92. The van der Waals surface area contributed by atoms with Gasteiger partial charge in [-0.2, -0.15) is 0 Å². The third-order valence-electron chi connectivity index (χ3n) is 5.24. The van der Waals surface area contributed by atoms with Gasteiger partial charge in [-0.3, -0.25) is 9.10 Å². The Morgan fingerprint density at radius 3 is 2.30 bits per heavy atom. The van der Waals surface area contributed by atoms with E-state index in [0.29, 0.717) is 23.7 Å². The Morgan fingerprint density at radius 2 is 1.64 bits per heavy atom. The number of aryl methyl sites for hydroxylation is 1. The second-order valence-corrected chi connectivity index (χ2v) is 9.83. The monoisotopic (exact) mass is 466 g/mol. The minimum atomic E-state index is -4.03. The number of carbonyl (C=O) groups excluding carboxylic acids is 1. The molecular formula is C26H30N2O4S. The summed E-state index contributed by atoms with van der Waals surface area (Å²) < 4.78 is 34.0. The van der Waals surface area contributed by atoms with E-state index in [2.05, 4.69) is 19.2 Å². The molecule has 7 heteroatoms. The first-order valence-electron chi connectivity index (χ1n) is 10.9. The zero-order valence-corrected chi connectivity index (χ0v) is 20.2. The number of hydrogen-bond acceptors (Lipinski definition) is 4. The second-order valence-electron chi connectivity index (χ2n) is 7.97. The highest BCUT2D eigenvalue weighted by Crippen LogP contribution is 2.33. The van der Waals surface area contributed by atoms with Gasteiger partial charge in [-0.15, -0.1) is 0 Å². The van der Waals surface area contributed by atoms with Crippen LogP contribution in [-0.4, -0.2) is 27.5 Å². The molecule has 1 N–H and O–H groups in total. The molecule has 0 unspecified atom stereocenters. The SMILES string of the molecule is CCOc1ccccc1N(CC(=O)Nc1c(C)cccc1C(C)C)S(=O)(=O)c1ccccc1. The average Bonchev–Trinajstić information content (AvgIpc) is 2.80. The lowest BCUT2D eigenvalue weighted by Gasteiger charge is -2.26. The largest absolute Gasteiger partial charge is 0.492 e.